The summed E-state index contributed by atoms with van der Waals surface area (Å²) in [5.41, 5.74) is 0. The van der Waals surface area contributed by atoms with Gasteiger partial charge in [-0.2, -0.15) is 13.2 Å². The van der Waals surface area contributed by atoms with Crippen molar-refractivity contribution in [3.05, 3.63) is 6.42 Å². The van der Waals surface area contributed by atoms with E-state index in [0.29, 0.717) is 6.42 Å². The molecule has 0 aromatic carbocycles. The van der Waals surface area contributed by atoms with E-state index in [1.807, 2.05) is 0 Å². The number of hydrogen-bond donors (Lipinski definition) is 0. The number of rotatable bonds is 1. The Kier molecular flexibility index (Phi) is 2.06. The van der Waals surface area contributed by atoms with Crippen molar-refractivity contribution in [2.75, 3.05) is 13.1 Å². The molecule has 1 radical (unpaired) electrons. The van der Waals surface area contributed by atoms with E-state index < -0.39 is 18.6 Å². The van der Waals surface area contributed by atoms with Crippen molar-refractivity contribution in [1.82, 2.24) is 4.90 Å². The van der Waals surface area contributed by atoms with Crippen LogP contribution in [0.3, 0.4) is 0 Å². The molecule has 1 fully saturated rings. The minimum atomic E-state index is -4.27. The van der Waals surface area contributed by atoms with Gasteiger partial charge in [0.1, 0.15) is 6.54 Å². The van der Waals surface area contributed by atoms with Crippen molar-refractivity contribution in [3.8, 4) is 0 Å². The lowest BCUT2D eigenvalue weighted by Crippen LogP contribution is -2.34. The van der Waals surface area contributed by atoms with Crippen molar-refractivity contribution in [2.45, 2.75) is 12.6 Å². The fourth-order valence-corrected chi connectivity index (χ4v) is 0.957. The molecule has 0 atom stereocenters. The van der Waals surface area contributed by atoms with E-state index >= 15 is 0 Å². The van der Waals surface area contributed by atoms with Gasteiger partial charge in [-0.15, -0.1) is 0 Å². The van der Waals surface area contributed by atoms with E-state index in [1.54, 1.807) is 0 Å². The van der Waals surface area contributed by atoms with Gasteiger partial charge in [-0.1, -0.05) is 0 Å². The Morgan fingerprint density at radius 2 is 2.18 bits per heavy atom. The Morgan fingerprint density at radius 3 is 2.55 bits per heavy atom. The van der Waals surface area contributed by atoms with Crippen LogP contribution in [0.1, 0.15) is 6.42 Å². The number of carbonyl (C=O) groups is 1. The maximum absolute atomic E-state index is 11.7. The van der Waals surface area contributed by atoms with Gasteiger partial charge in [0, 0.05) is 6.54 Å². The molecular weight excluding hydrogens is 159 g/mol. The van der Waals surface area contributed by atoms with Crippen LogP contribution in [0.25, 0.3) is 0 Å². The van der Waals surface area contributed by atoms with Crippen molar-refractivity contribution in [1.29, 1.82) is 0 Å². The fourth-order valence-electron chi connectivity index (χ4n) is 0.957. The molecule has 1 amide bonds. The number of hydrogen-bond acceptors (Lipinski definition) is 1. The van der Waals surface area contributed by atoms with Crippen molar-refractivity contribution < 1.29 is 18.0 Å². The van der Waals surface area contributed by atoms with E-state index in [9.17, 15) is 18.0 Å². The van der Waals surface area contributed by atoms with Crippen molar-refractivity contribution >= 4 is 5.91 Å². The molecule has 11 heavy (non-hydrogen) atoms. The third-order valence-electron chi connectivity index (χ3n) is 1.40. The lowest BCUT2D eigenvalue weighted by molar-refractivity contribution is -0.156. The summed E-state index contributed by atoms with van der Waals surface area (Å²) in [5, 5.41) is 0. The molecule has 0 saturated carbocycles. The van der Waals surface area contributed by atoms with Gasteiger partial charge in [-0.25, -0.2) is 0 Å². The largest absolute Gasteiger partial charge is 0.406 e. The predicted octanol–water partition coefficient (Wildman–Crippen LogP) is 0.985. The number of likely N-dealkylation sites (tertiary alicyclic amines) is 1. The van der Waals surface area contributed by atoms with Crippen LogP contribution < -0.4 is 0 Å². The highest BCUT2D eigenvalue weighted by Gasteiger charge is 2.34. The summed E-state index contributed by atoms with van der Waals surface area (Å²) in [7, 11) is 0. The van der Waals surface area contributed by atoms with Gasteiger partial charge in [0.05, 0.1) is 6.42 Å². The van der Waals surface area contributed by atoms with Crippen LogP contribution in [0.15, 0.2) is 0 Å². The number of carbonyl (C=O) groups excluding carboxylic acids is 1. The first-order chi connectivity index (χ1) is 4.99. The zero-order chi connectivity index (χ0) is 8.48. The molecule has 63 valence electrons. The third kappa shape index (κ3) is 2.40. The molecule has 0 spiro atoms. The van der Waals surface area contributed by atoms with E-state index in [4.69, 9.17) is 0 Å². The molecule has 0 unspecified atom stereocenters. The third-order valence-corrected chi connectivity index (χ3v) is 1.40. The fraction of sp³-hybridized carbons (Fsp3) is 0.667. The monoisotopic (exact) mass is 166 g/mol. The molecule has 0 aromatic heterocycles. The van der Waals surface area contributed by atoms with E-state index in [0.717, 1.165) is 4.90 Å². The van der Waals surface area contributed by atoms with Gasteiger partial charge in [0.15, 0.2) is 0 Å². The molecule has 0 aliphatic carbocycles. The zero-order valence-electron chi connectivity index (χ0n) is 5.69. The van der Waals surface area contributed by atoms with Crippen LogP contribution in [-0.2, 0) is 4.79 Å². The molecule has 0 aromatic rings. The minimum absolute atomic E-state index is 0.193. The molecule has 1 aliphatic heterocycles. The van der Waals surface area contributed by atoms with Gasteiger partial charge < -0.3 is 4.90 Å². The second kappa shape index (κ2) is 2.71. The maximum atomic E-state index is 11.7. The average Bonchev–Trinajstić information content (AvgIpc) is 2.12. The second-order valence-electron chi connectivity index (χ2n) is 2.37. The van der Waals surface area contributed by atoms with Crippen LogP contribution >= 0.6 is 0 Å². The predicted molar refractivity (Wildman–Crippen MR) is 31.6 cm³/mol. The first kappa shape index (κ1) is 8.36. The normalized spacial score (nSPS) is 19.5. The van der Waals surface area contributed by atoms with E-state index in [-0.39, 0.29) is 6.54 Å². The van der Waals surface area contributed by atoms with Crippen molar-refractivity contribution in [2.24, 2.45) is 0 Å². The van der Waals surface area contributed by atoms with Gasteiger partial charge in [-0.3, -0.25) is 4.79 Å². The van der Waals surface area contributed by atoms with E-state index in [1.165, 1.54) is 6.42 Å². The Hall–Kier alpha value is -0.740. The summed E-state index contributed by atoms with van der Waals surface area (Å²) >= 11 is 0. The van der Waals surface area contributed by atoms with Crippen LogP contribution in [0.2, 0.25) is 0 Å². The van der Waals surface area contributed by atoms with Gasteiger partial charge in [-0.05, 0) is 6.42 Å². The Labute approximate surface area is 62.0 Å². The van der Waals surface area contributed by atoms with Crippen LogP contribution in [0.4, 0.5) is 13.2 Å². The first-order valence-electron chi connectivity index (χ1n) is 3.18. The molecular formula is C6H7F3NO. The highest BCUT2D eigenvalue weighted by atomic mass is 19.4. The summed E-state index contributed by atoms with van der Waals surface area (Å²) in [6, 6.07) is 0. The lowest BCUT2D eigenvalue weighted by Gasteiger charge is -2.16. The average molecular weight is 166 g/mol. The highest BCUT2D eigenvalue weighted by Crippen LogP contribution is 2.19. The number of halogens is 3. The van der Waals surface area contributed by atoms with Crippen LogP contribution in [0.5, 0.6) is 0 Å². The Balaban J connectivity index is 2.43. The number of nitrogens with zero attached hydrogens (tertiary/aromatic N) is 1. The molecule has 1 rings (SSSR count). The SMILES string of the molecule is O=C1[CH]CCN1CC(F)(F)F. The summed E-state index contributed by atoms with van der Waals surface area (Å²) in [5.74, 6) is -0.512. The van der Waals surface area contributed by atoms with Gasteiger partial charge in [0.25, 0.3) is 0 Å². The molecule has 5 heteroatoms. The van der Waals surface area contributed by atoms with Crippen LogP contribution in [-0.4, -0.2) is 30.1 Å². The highest BCUT2D eigenvalue weighted by molar-refractivity contribution is 5.86. The summed E-state index contributed by atoms with van der Waals surface area (Å²) in [4.78, 5) is 11.4. The molecule has 1 heterocycles. The summed E-state index contributed by atoms with van der Waals surface area (Å²) in [6.45, 7) is -0.930. The lowest BCUT2D eigenvalue weighted by atomic mass is 10.4. The molecule has 2 nitrogen and oxygen atoms in total. The standard InChI is InChI=1S/C6H7F3NO/c7-6(8,9)4-10-3-1-2-5(10)11/h2H,1,3-4H2. The van der Waals surface area contributed by atoms with Crippen LogP contribution in [0, 0.1) is 6.42 Å². The number of alkyl halides is 3. The molecule has 1 aliphatic rings. The first-order valence-corrected chi connectivity index (χ1v) is 3.18. The quantitative estimate of drug-likeness (QED) is 0.568. The van der Waals surface area contributed by atoms with Gasteiger partial charge in [0.2, 0.25) is 5.91 Å². The maximum Gasteiger partial charge on any atom is 0.406 e. The minimum Gasteiger partial charge on any atom is -0.333 e. The zero-order valence-corrected chi connectivity index (χ0v) is 5.69. The molecule has 0 bridgehead atoms. The Morgan fingerprint density at radius 1 is 1.55 bits per heavy atom. The second-order valence-corrected chi connectivity index (χ2v) is 2.37. The van der Waals surface area contributed by atoms with Crippen molar-refractivity contribution in [3.63, 3.8) is 0 Å². The summed E-state index contributed by atoms with van der Waals surface area (Å²) < 4.78 is 35.0. The number of amides is 1. The van der Waals surface area contributed by atoms with E-state index in [2.05, 4.69) is 0 Å². The molecule has 0 N–H and O–H groups in total. The topological polar surface area (TPSA) is 20.3 Å². The smallest absolute Gasteiger partial charge is 0.333 e. The van der Waals surface area contributed by atoms with Gasteiger partial charge >= 0.3 is 6.18 Å². The summed E-state index contributed by atoms with van der Waals surface area (Å²) in [6.07, 6.45) is -2.57. The Bertz CT molecular complexity index is 166. The molecule has 1 saturated heterocycles.